The van der Waals surface area contributed by atoms with Gasteiger partial charge in [-0.2, -0.15) is 0 Å². The molecule has 162 valence electrons. The molecule has 6 heteroatoms. The Balaban J connectivity index is 1.44. The van der Waals surface area contributed by atoms with Crippen LogP contribution in [0.4, 0.5) is 0 Å². The van der Waals surface area contributed by atoms with Gasteiger partial charge in [0.15, 0.2) is 0 Å². The molecule has 0 spiro atoms. The molecule has 0 radical (unpaired) electrons. The topological polar surface area (TPSA) is 88.7 Å². The average Bonchev–Trinajstić information content (AvgIpc) is 2.67. The minimum atomic E-state index is -0.916. The van der Waals surface area contributed by atoms with Gasteiger partial charge in [0, 0.05) is 24.5 Å². The van der Waals surface area contributed by atoms with Crippen LogP contribution in [0.2, 0.25) is 0 Å². The number of ether oxygens (including phenoxy) is 1. The summed E-state index contributed by atoms with van der Waals surface area (Å²) >= 11 is 0. The van der Waals surface area contributed by atoms with E-state index in [0.717, 1.165) is 38.8 Å². The number of nitrogens with zero attached hydrogens (tertiary/aromatic N) is 2. The largest absolute Gasteiger partial charge is 0.460 e. The Morgan fingerprint density at radius 2 is 1.83 bits per heavy atom. The van der Waals surface area contributed by atoms with Crippen LogP contribution in [0.5, 0.6) is 0 Å². The zero-order valence-electron chi connectivity index (χ0n) is 18.1. The lowest BCUT2D eigenvalue weighted by Crippen LogP contribution is -2.48. The average molecular weight is 404 g/mol. The van der Waals surface area contributed by atoms with Crippen LogP contribution in [0, 0.1) is 5.92 Å². The minimum absolute atomic E-state index is 0.0745. The molecule has 1 aromatic rings. The molecule has 2 heterocycles. The molecule has 0 amide bonds. The smallest absolute Gasteiger partial charge is 0.309 e. The van der Waals surface area contributed by atoms with Crippen LogP contribution < -0.4 is 5.73 Å². The van der Waals surface area contributed by atoms with E-state index in [9.17, 15) is 9.90 Å². The number of hydrogen-bond donors (Lipinski definition) is 2. The van der Waals surface area contributed by atoms with Gasteiger partial charge in [-0.1, -0.05) is 0 Å². The Hall–Kier alpha value is -1.50. The summed E-state index contributed by atoms with van der Waals surface area (Å²) < 4.78 is 5.39. The number of carbonyl (C=O) groups is 1. The maximum absolute atomic E-state index is 12.1. The van der Waals surface area contributed by atoms with Gasteiger partial charge < -0.3 is 20.5 Å². The summed E-state index contributed by atoms with van der Waals surface area (Å²) in [6.45, 7) is 7.68. The van der Waals surface area contributed by atoms with Gasteiger partial charge in [-0.15, -0.1) is 0 Å². The first-order valence-electron chi connectivity index (χ1n) is 11.0. The molecule has 0 aromatic carbocycles. The zero-order chi connectivity index (χ0) is 21.1. The quantitative estimate of drug-likeness (QED) is 0.734. The van der Waals surface area contributed by atoms with Crippen molar-refractivity contribution in [1.29, 1.82) is 0 Å². The predicted molar refractivity (Wildman–Crippen MR) is 113 cm³/mol. The Morgan fingerprint density at radius 3 is 2.38 bits per heavy atom. The number of pyridine rings is 1. The second-order valence-electron chi connectivity index (χ2n) is 9.90. The van der Waals surface area contributed by atoms with Crippen molar-refractivity contribution < 1.29 is 14.6 Å². The summed E-state index contributed by atoms with van der Waals surface area (Å²) in [6.07, 6.45) is 9.10. The number of likely N-dealkylation sites (tertiary alicyclic amines) is 1. The number of aliphatic hydroxyl groups is 1. The number of hydrogen-bond acceptors (Lipinski definition) is 6. The molecule has 0 bridgehead atoms. The second kappa shape index (κ2) is 9.11. The van der Waals surface area contributed by atoms with Gasteiger partial charge in [-0.3, -0.25) is 9.78 Å². The van der Waals surface area contributed by atoms with Gasteiger partial charge in [0.2, 0.25) is 0 Å². The van der Waals surface area contributed by atoms with Crippen molar-refractivity contribution in [3.05, 3.63) is 30.1 Å². The van der Waals surface area contributed by atoms with Crippen LogP contribution >= 0.6 is 0 Å². The third kappa shape index (κ3) is 6.24. The predicted octanol–water partition coefficient (Wildman–Crippen LogP) is 3.20. The van der Waals surface area contributed by atoms with E-state index in [2.05, 4.69) is 9.88 Å². The van der Waals surface area contributed by atoms with Gasteiger partial charge in [-0.05, 0) is 96.0 Å². The third-order valence-corrected chi connectivity index (χ3v) is 6.47. The number of rotatable bonds is 5. The Morgan fingerprint density at radius 1 is 1.24 bits per heavy atom. The van der Waals surface area contributed by atoms with Crippen LogP contribution in [-0.2, 0) is 9.53 Å². The molecule has 2 fully saturated rings. The Labute approximate surface area is 174 Å². The maximum Gasteiger partial charge on any atom is 0.309 e. The molecule has 1 aromatic heterocycles. The van der Waals surface area contributed by atoms with E-state index < -0.39 is 11.2 Å². The fourth-order valence-corrected chi connectivity index (χ4v) is 4.83. The summed E-state index contributed by atoms with van der Waals surface area (Å²) in [5.41, 5.74) is 6.24. The highest BCUT2D eigenvalue weighted by Crippen LogP contribution is 2.36. The number of piperidine rings is 1. The molecule has 3 N–H and O–H groups in total. The monoisotopic (exact) mass is 403 g/mol. The third-order valence-electron chi connectivity index (χ3n) is 6.47. The standard InChI is InChI=1S/C23H37N3O3/c1-22(2,3)29-20(27)16-23(28)10-4-19(5-11-23)26-14-8-18(9-15-26)21(24)17-6-12-25-13-7-17/h6-7,12-13,18-19,21,28H,4-5,8-11,14-16,24H2,1-3H3. The van der Waals surface area contributed by atoms with Crippen molar-refractivity contribution in [2.24, 2.45) is 11.7 Å². The molecular formula is C23H37N3O3. The van der Waals surface area contributed by atoms with Crippen molar-refractivity contribution in [2.45, 2.75) is 89.0 Å². The molecule has 1 atom stereocenters. The SMILES string of the molecule is CC(C)(C)OC(=O)CC1(O)CCC(N2CCC(C(N)c3ccncc3)CC2)CC1. The number of nitrogens with two attached hydrogens (primary N) is 1. The summed E-state index contributed by atoms with van der Waals surface area (Å²) in [5, 5.41) is 10.9. The minimum Gasteiger partial charge on any atom is -0.460 e. The van der Waals surface area contributed by atoms with Crippen molar-refractivity contribution in [1.82, 2.24) is 9.88 Å². The van der Waals surface area contributed by atoms with E-state index in [1.165, 1.54) is 5.56 Å². The summed E-state index contributed by atoms with van der Waals surface area (Å²) in [5.74, 6) is 0.200. The number of esters is 1. The maximum atomic E-state index is 12.1. The van der Waals surface area contributed by atoms with E-state index >= 15 is 0 Å². The lowest BCUT2D eigenvalue weighted by molar-refractivity contribution is -0.162. The van der Waals surface area contributed by atoms with Gasteiger partial charge >= 0.3 is 5.97 Å². The van der Waals surface area contributed by atoms with Crippen molar-refractivity contribution in [2.75, 3.05) is 13.1 Å². The molecule has 1 unspecified atom stereocenters. The van der Waals surface area contributed by atoms with Gasteiger partial charge in [0.05, 0.1) is 12.0 Å². The molecular weight excluding hydrogens is 366 g/mol. The normalized spacial score (nSPS) is 28.1. The highest BCUT2D eigenvalue weighted by Gasteiger charge is 2.39. The van der Waals surface area contributed by atoms with Gasteiger partial charge in [-0.25, -0.2) is 0 Å². The lowest BCUT2D eigenvalue weighted by atomic mass is 9.78. The highest BCUT2D eigenvalue weighted by molar-refractivity contribution is 5.71. The van der Waals surface area contributed by atoms with E-state index in [0.29, 0.717) is 24.8 Å². The molecule has 1 aliphatic heterocycles. The highest BCUT2D eigenvalue weighted by atomic mass is 16.6. The van der Waals surface area contributed by atoms with Crippen LogP contribution in [0.1, 0.15) is 77.3 Å². The van der Waals surface area contributed by atoms with Gasteiger partial charge in [0.1, 0.15) is 5.60 Å². The summed E-state index contributed by atoms with van der Waals surface area (Å²) in [6, 6.07) is 4.60. The van der Waals surface area contributed by atoms with Crippen molar-refractivity contribution in [3.8, 4) is 0 Å². The van der Waals surface area contributed by atoms with E-state index in [-0.39, 0.29) is 18.4 Å². The first-order valence-corrected chi connectivity index (χ1v) is 11.0. The molecule has 6 nitrogen and oxygen atoms in total. The van der Waals surface area contributed by atoms with Gasteiger partial charge in [0.25, 0.3) is 0 Å². The molecule has 1 aliphatic carbocycles. The fraction of sp³-hybridized carbons (Fsp3) is 0.739. The van der Waals surface area contributed by atoms with E-state index in [4.69, 9.17) is 10.5 Å². The van der Waals surface area contributed by atoms with Crippen LogP contribution in [0.15, 0.2) is 24.5 Å². The Bertz CT molecular complexity index is 658. The zero-order valence-corrected chi connectivity index (χ0v) is 18.1. The number of aromatic nitrogens is 1. The van der Waals surface area contributed by atoms with Crippen molar-refractivity contribution >= 4 is 5.97 Å². The van der Waals surface area contributed by atoms with E-state index in [1.54, 1.807) is 0 Å². The molecule has 3 rings (SSSR count). The lowest BCUT2D eigenvalue weighted by Gasteiger charge is -2.44. The Kier molecular flexibility index (Phi) is 6.97. The van der Waals surface area contributed by atoms with Crippen LogP contribution in [0.25, 0.3) is 0 Å². The first kappa shape index (κ1) is 22.2. The summed E-state index contributed by atoms with van der Waals surface area (Å²) in [7, 11) is 0. The van der Waals surface area contributed by atoms with E-state index in [1.807, 2.05) is 45.3 Å². The molecule has 1 saturated carbocycles. The molecule has 29 heavy (non-hydrogen) atoms. The fourth-order valence-electron chi connectivity index (χ4n) is 4.83. The second-order valence-corrected chi connectivity index (χ2v) is 9.90. The molecule has 1 saturated heterocycles. The molecule has 2 aliphatic rings. The summed E-state index contributed by atoms with van der Waals surface area (Å²) in [4.78, 5) is 18.8. The first-order chi connectivity index (χ1) is 13.7. The van der Waals surface area contributed by atoms with Crippen LogP contribution in [0.3, 0.4) is 0 Å². The number of carbonyl (C=O) groups excluding carboxylic acids is 1. The van der Waals surface area contributed by atoms with Crippen molar-refractivity contribution in [3.63, 3.8) is 0 Å². The van der Waals surface area contributed by atoms with Crippen LogP contribution in [-0.4, -0.2) is 51.3 Å².